The second-order valence-corrected chi connectivity index (χ2v) is 8.01. The Balaban J connectivity index is 1.36. The van der Waals surface area contributed by atoms with Gasteiger partial charge in [-0.15, -0.1) is 0 Å². The minimum absolute atomic E-state index is 0.142. The summed E-state index contributed by atoms with van der Waals surface area (Å²) >= 11 is 0. The molecule has 1 fully saturated rings. The van der Waals surface area contributed by atoms with Crippen LogP contribution in [0.4, 0.5) is 13.2 Å². The Morgan fingerprint density at radius 1 is 1.03 bits per heavy atom. The molecular weight excluding hydrogens is 395 g/mol. The number of hydrogen-bond donors (Lipinski definition) is 0. The van der Waals surface area contributed by atoms with Crippen LogP contribution in [0.5, 0.6) is 0 Å². The minimum Gasteiger partial charge on any atom is -0.339 e. The van der Waals surface area contributed by atoms with Gasteiger partial charge >= 0.3 is 6.18 Å². The van der Waals surface area contributed by atoms with E-state index in [0.717, 1.165) is 44.6 Å². The van der Waals surface area contributed by atoms with Crippen LogP contribution in [-0.2, 0) is 19.5 Å². The van der Waals surface area contributed by atoms with Crippen molar-refractivity contribution < 1.29 is 18.0 Å². The molecule has 0 atom stereocenters. The van der Waals surface area contributed by atoms with E-state index in [0.29, 0.717) is 23.7 Å². The molecule has 1 saturated heterocycles. The summed E-state index contributed by atoms with van der Waals surface area (Å²) in [6.07, 6.45) is -0.713. The van der Waals surface area contributed by atoms with Gasteiger partial charge in [-0.2, -0.15) is 13.2 Å². The number of carbonyl (C=O) groups is 1. The maximum Gasteiger partial charge on any atom is 0.406 e. The Morgan fingerprint density at radius 3 is 2.40 bits per heavy atom. The molecule has 160 valence electrons. The van der Waals surface area contributed by atoms with E-state index in [1.807, 2.05) is 0 Å². The van der Waals surface area contributed by atoms with E-state index in [4.69, 9.17) is 0 Å². The van der Waals surface area contributed by atoms with Crippen molar-refractivity contribution in [3.05, 3.63) is 69.6 Å². The third kappa shape index (κ3) is 4.59. The first-order chi connectivity index (χ1) is 14.3. The van der Waals surface area contributed by atoms with Crippen LogP contribution in [0.2, 0.25) is 0 Å². The molecule has 0 spiro atoms. The molecule has 0 aliphatic carbocycles. The number of likely N-dealkylation sites (tertiary alicyclic amines) is 1. The molecule has 2 aliphatic rings. The molecule has 2 aliphatic heterocycles. The van der Waals surface area contributed by atoms with Gasteiger partial charge in [-0.25, -0.2) is 0 Å². The van der Waals surface area contributed by atoms with Crippen molar-refractivity contribution >= 4 is 5.91 Å². The monoisotopic (exact) mass is 419 g/mol. The van der Waals surface area contributed by atoms with Crippen LogP contribution in [0, 0.1) is 0 Å². The predicted molar refractivity (Wildman–Crippen MR) is 106 cm³/mol. The zero-order valence-corrected chi connectivity index (χ0v) is 16.6. The average Bonchev–Trinajstić information content (AvgIpc) is 2.73. The predicted octanol–water partition coefficient (Wildman–Crippen LogP) is 3.07. The number of amides is 1. The third-order valence-electron chi connectivity index (χ3n) is 6.02. The van der Waals surface area contributed by atoms with Gasteiger partial charge in [-0.05, 0) is 36.5 Å². The van der Waals surface area contributed by atoms with Gasteiger partial charge in [0.15, 0.2) is 0 Å². The van der Waals surface area contributed by atoms with Crippen LogP contribution in [-0.4, -0.2) is 52.1 Å². The molecule has 1 aromatic carbocycles. The van der Waals surface area contributed by atoms with E-state index < -0.39 is 18.3 Å². The summed E-state index contributed by atoms with van der Waals surface area (Å²) in [5.41, 5.74) is 2.09. The Bertz CT molecular complexity index is 978. The van der Waals surface area contributed by atoms with E-state index in [2.05, 4.69) is 29.2 Å². The molecule has 0 radical (unpaired) electrons. The number of carbonyl (C=O) groups excluding carboxylic acids is 1. The largest absolute Gasteiger partial charge is 0.406 e. The normalized spacial score (nSPS) is 18.3. The first-order valence-corrected chi connectivity index (χ1v) is 10.2. The van der Waals surface area contributed by atoms with E-state index in [9.17, 15) is 22.8 Å². The standard InChI is InChI=1S/C22H24F3N3O2/c23-22(24,25)15-28-10-6-17(13-20(28)29)21(30)26-11-7-19(8-12-26)27-9-5-16-3-1-2-4-18(16)14-27/h1-4,6,10,13,19H,5,7-9,11-12,14-15H2. The van der Waals surface area contributed by atoms with Gasteiger partial charge in [0.2, 0.25) is 0 Å². The Kier molecular flexibility index (Phi) is 5.69. The van der Waals surface area contributed by atoms with Crippen LogP contribution in [0.1, 0.15) is 34.3 Å². The zero-order chi connectivity index (χ0) is 21.3. The summed E-state index contributed by atoms with van der Waals surface area (Å²) in [6.45, 7) is 1.73. The highest BCUT2D eigenvalue weighted by Crippen LogP contribution is 2.25. The third-order valence-corrected chi connectivity index (χ3v) is 6.02. The number of rotatable bonds is 3. The van der Waals surface area contributed by atoms with E-state index >= 15 is 0 Å². The van der Waals surface area contributed by atoms with Gasteiger partial charge in [-0.3, -0.25) is 14.5 Å². The zero-order valence-electron chi connectivity index (χ0n) is 16.6. The summed E-state index contributed by atoms with van der Waals surface area (Å²) < 4.78 is 38.1. The van der Waals surface area contributed by atoms with Crippen LogP contribution in [0.25, 0.3) is 0 Å². The maximum absolute atomic E-state index is 12.7. The first kappa shape index (κ1) is 20.7. The van der Waals surface area contributed by atoms with Crippen molar-refractivity contribution in [3.63, 3.8) is 0 Å². The number of fused-ring (bicyclic) bond motifs is 1. The van der Waals surface area contributed by atoms with Gasteiger partial charge < -0.3 is 9.47 Å². The summed E-state index contributed by atoms with van der Waals surface area (Å²) in [5, 5.41) is 0. The number of hydrogen-bond acceptors (Lipinski definition) is 3. The van der Waals surface area contributed by atoms with Crippen molar-refractivity contribution in [3.8, 4) is 0 Å². The topological polar surface area (TPSA) is 45.6 Å². The number of halogens is 3. The smallest absolute Gasteiger partial charge is 0.339 e. The quantitative estimate of drug-likeness (QED) is 0.768. The van der Waals surface area contributed by atoms with Crippen molar-refractivity contribution in [2.45, 2.75) is 44.6 Å². The SMILES string of the molecule is O=C(c1ccn(CC(F)(F)F)c(=O)c1)N1CCC(N2CCc3ccccc3C2)CC1. The van der Waals surface area contributed by atoms with Gasteiger partial charge in [0.1, 0.15) is 6.54 Å². The van der Waals surface area contributed by atoms with Gasteiger partial charge in [-0.1, -0.05) is 24.3 Å². The van der Waals surface area contributed by atoms with Crippen molar-refractivity contribution in [2.24, 2.45) is 0 Å². The van der Waals surface area contributed by atoms with E-state index in [-0.39, 0.29) is 11.5 Å². The summed E-state index contributed by atoms with van der Waals surface area (Å²) in [6, 6.07) is 11.2. The number of nitrogens with zero attached hydrogens (tertiary/aromatic N) is 3. The minimum atomic E-state index is -4.48. The van der Waals surface area contributed by atoms with Crippen LogP contribution in [0.3, 0.4) is 0 Å². The number of benzene rings is 1. The van der Waals surface area contributed by atoms with Gasteiger partial charge in [0.25, 0.3) is 11.5 Å². The van der Waals surface area contributed by atoms with Crippen LogP contribution in [0.15, 0.2) is 47.4 Å². The molecule has 0 unspecified atom stereocenters. The second-order valence-electron chi connectivity index (χ2n) is 8.01. The molecule has 3 heterocycles. The average molecular weight is 419 g/mol. The second kappa shape index (κ2) is 8.26. The van der Waals surface area contributed by atoms with E-state index in [1.54, 1.807) is 4.90 Å². The molecule has 30 heavy (non-hydrogen) atoms. The number of piperidine rings is 1. The molecule has 1 amide bonds. The fourth-order valence-electron chi connectivity index (χ4n) is 4.41. The lowest BCUT2D eigenvalue weighted by Crippen LogP contribution is -2.48. The highest BCUT2D eigenvalue weighted by molar-refractivity contribution is 5.94. The summed E-state index contributed by atoms with van der Waals surface area (Å²) in [7, 11) is 0. The molecule has 8 heteroatoms. The van der Waals surface area contributed by atoms with Crippen molar-refractivity contribution in [2.75, 3.05) is 19.6 Å². The molecule has 4 rings (SSSR count). The van der Waals surface area contributed by atoms with Gasteiger partial charge in [0, 0.05) is 50.0 Å². The summed E-state index contributed by atoms with van der Waals surface area (Å²) in [4.78, 5) is 28.9. The fraction of sp³-hybridized carbons (Fsp3) is 0.455. The van der Waals surface area contributed by atoms with Crippen molar-refractivity contribution in [1.82, 2.24) is 14.4 Å². The Labute approximate surface area is 172 Å². The molecule has 0 N–H and O–H groups in total. The number of pyridine rings is 1. The van der Waals surface area contributed by atoms with Crippen molar-refractivity contribution in [1.29, 1.82) is 0 Å². The molecule has 0 bridgehead atoms. The Hall–Kier alpha value is -2.61. The fourth-order valence-corrected chi connectivity index (χ4v) is 4.41. The molecule has 0 saturated carbocycles. The maximum atomic E-state index is 12.7. The Morgan fingerprint density at radius 2 is 1.73 bits per heavy atom. The summed E-state index contributed by atoms with van der Waals surface area (Å²) in [5.74, 6) is -0.298. The molecular formula is C22H24F3N3O2. The molecule has 2 aromatic rings. The lowest BCUT2D eigenvalue weighted by Gasteiger charge is -2.40. The number of aromatic nitrogens is 1. The lowest BCUT2D eigenvalue weighted by molar-refractivity contribution is -0.141. The van der Waals surface area contributed by atoms with Crippen LogP contribution >= 0.6 is 0 Å². The van der Waals surface area contributed by atoms with Crippen LogP contribution < -0.4 is 5.56 Å². The molecule has 1 aromatic heterocycles. The lowest BCUT2D eigenvalue weighted by atomic mass is 9.95. The highest BCUT2D eigenvalue weighted by atomic mass is 19.4. The highest BCUT2D eigenvalue weighted by Gasteiger charge is 2.30. The first-order valence-electron chi connectivity index (χ1n) is 10.2. The van der Waals surface area contributed by atoms with Gasteiger partial charge in [0.05, 0.1) is 0 Å². The molecule has 5 nitrogen and oxygen atoms in total. The van der Waals surface area contributed by atoms with E-state index in [1.165, 1.54) is 17.2 Å². The number of alkyl halides is 3.